The van der Waals surface area contributed by atoms with Gasteiger partial charge in [0, 0.05) is 18.7 Å². The molecule has 26 heavy (non-hydrogen) atoms. The standard InChI is InChI=1S/C17H18N2O6S/c1-13(17(20)21)18(11-14-7-9-16(10-8-14)19(22)23)26(24,25)12-15-5-3-2-4-6-15/h2-10,13H,11-12H2,1H3,(H,20,21)/t13-/m0/s1. The number of nitro groups is 1. The first-order chi connectivity index (χ1) is 12.2. The molecular weight excluding hydrogens is 360 g/mol. The maximum Gasteiger partial charge on any atom is 0.321 e. The van der Waals surface area contributed by atoms with E-state index in [1.807, 2.05) is 0 Å². The van der Waals surface area contributed by atoms with E-state index in [1.54, 1.807) is 30.3 Å². The molecule has 0 saturated carbocycles. The van der Waals surface area contributed by atoms with Crippen molar-refractivity contribution in [3.8, 4) is 0 Å². The van der Waals surface area contributed by atoms with Crippen molar-refractivity contribution in [2.24, 2.45) is 0 Å². The molecule has 0 aromatic heterocycles. The minimum Gasteiger partial charge on any atom is -0.480 e. The number of hydrogen-bond donors (Lipinski definition) is 1. The molecule has 138 valence electrons. The van der Waals surface area contributed by atoms with E-state index in [-0.39, 0.29) is 18.0 Å². The van der Waals surface area contributed by atoms with Crippen LogP contribution in [0, 0.1) is 10.1 Å². The Bertz CT molecular complexity index is 881. The molecule has 0 spiro atoms. The summed E-state index contributed by atoms with van der Waals surface area (Å²) in [5.41, 5.74) is 0.873. The zero-order chi connectivity index (χ0) is 19.3. The second-order valence-corrected chi connectivity index (χ2v) is 7.65. The van der Waals surface area contributed by atoms with Crippen LogP contribution in [-0.2, 0) is 27.1 Å². The Balaban J connectivity index is 2.30. The van der Waals surface area contributed by atoms with E-state index in [2.05, 4.69) is 0 Å². The van der Waals surface area contributed by atoms with Gasteiger partial charge in [0.15, 0.2) is 0 Å². The van der Waals surface area contributed by atoms with Crippen LogP contribution in [0.3, 0.4) is 0 Å². The number of carboxylic acids is 1. The first kappa shape index (κ1) is 19.5. The van der Waals surface area contributed by atoms with Crippen LogP contribution in [-0.4, -0.2) is 34.8 Å². The van der Waals surface area contributed by atoms with E-state index in [9.17, 15) is 28.4 Å². The van der Waals surface area contributed by atoms with E-state index < -0.39 is 27.0 Å². The van der Waals surface area contributed by atoms with Gasteiger partial charge in [-0.2, -0.15) is 4.31 Å². The van der Waals surface area contributed by atoms with E-state index in [0.717, 1.165) is 4.31 Å². The molecule has 1 atom stereocenters. The number of sulfonamides is 1. The summed E-state index contributed by atoms with van der Waals surface area (Å²) in [6, 6.07) is 12.5. The minimum absolute atomic E-state index is 0.126. The summed E-state index contributed by atoms with van der Waals surface area (Å²) in [6.45, 7) is 1.09. The van der Waals surface area contributed by atoms with Gasteiger partial charge < -0.3 is 5.11 Å². The number of nitro benzene ring substituents is 1. The molecule has 0 aliphatic rings. The Labute approximate surface area is 150 Å². The zero-order valence-corrected chi connectivity index (χ0v) is 14.8. The molecule has 0 aliphatic heterocycles. The summed E-state index contributed by atoms with van der Waals surface area (Å²) in [5, 5.41) is 20.0. The van der Waals surface area contributed by atoms with Gasteiger partial charge in [0.05, 0.1) is 10.7 Å². The van der Waals surface area contributed by atoms with Gasteiger partial charge in [-0.05, 0) is 18.1 Å². The highest BCUT2D eigenvalue weighted by molar-refractivity contribution is 7.88. The molecule has 9 heteroatoms. The van der Waals surface area contributed by atoms with Crippen molar-refractivity contribution in [2.45, 2.75) is 25.3 Å². The Kier molecular flexibility index (Phi) is 6.06. The van der Waals surface area contributed by atoms with Crippen molar-refractivity contribution in [2.75, 3.05) is 0 Å². The molecule has 0 aliphatic carbocycles. The Morgan fingerprint density at radius 3 is 2.19 bits per heavy atom. The van der Waals surface area contributed by atoms with E-state index in [0.29, 0.717) is 11.1 Å². The predicted molar refractivity (Wildman–Crippen MR) is 94.8 cm³/mol. The quantitative estimate of drug-likeness (QED) is 0.557. The topological polar surface area (TPSA) is 118 Å². The fraction of sp³-hybridized carbons (Fsp3) is 0.235. The number of hydrogen-bond acceptors (Lipinski definition) is 5. The van der Waals surface area contributed by atoms with Gasteiger partial charge in [-0.15, -0.1) is 0 Å². The van der Waals surface area contributed by atoms with Gasteiger partial charge in [-0.3, -0.25) is 14.9 Å². The number of aliphatic carboxylic acids is 1. The lowest BCUT2D eigenvalue weighted by molar-refractivity contribution is -0.384. The van der Waals surface area contributed by atoms with Gasteiger partial charge in [-0.1, -0.05) is 42.5 Å². The molecule has 8 nitrogen and oxygen atoms in total. The molecule has 2 aromatic carbocycles. The average molecular weight is 378 g/mol. The first-order valence-corrected chi connectivity index (χ1v) is 9.31. The minimum atomic E-state index is -3.93. The van der Waals surface area contributed by atoms with Crippen molar-refractivity contribution in [3.05, 3.63) is 75.8 Å². The van der Waals surface area contributed by atoms with Gasteiger partial charge in [0.2, 0.25) is 10.0 Å². The fourth-order valence-electron chi connectivity index (χ4n) is 2.37. The summed E-state index contributed by atoms with van der Waals surface area (Å²) in [4.78, 5) is 21.5. The van der Waals surface area contributed by atoms with Crippen molar-refractivity contribution < 1.29 is 23.2 Å². The molecular formula is C17H18N2O6S. The van der Waals surface area contributed by atoms with Crippen LogP contribution in [0.1, 0.15) is 18.1 Å². The number of carboxylic acid groups (broad SMARTS) is 1. The Morgan fingerprint density at radius 2 is 1.69 bits per heavy atom. The summed E-state index contributed by atoms with van der Waals surface area (Å²) in [7, 11) is -3.93. The van der Waals surface area contributed by atoms with E-state index in [1.165, 1.54) is 31.2 Å². The number of rotatable bonds is 8. The zero-order valence-electron chi connectivity index (χ0n) is 14.0. The molecule has 1 N–H and O–H groups in total. The maximum atomic E-state index is 12.8. The summed E-state index contributed by atoms with van der Waals surface area (Å²) < 4.78 is 26.5. The lowest BCUT2D eigenvalue weighted by Gasteiger charge is -2.26. The van der Waals surface area contributed by atoms with Crippen molar-refractivity contribution in [1.82, 2.24) is 4.31 Å². The summed E-state index contributed by atoms with van der Waals surface area (Å²) in [6.07, 6.45) is 0. The highest BCUT2D eigenvalue weighted by Crippen LogP contribution is 2.20. The predicted octanol–water partition coefficient (Wildman–Crippen LogP) is 2.40. The highest BCUT2D eigenvalue weighted by atomic mass is 32.2. The normalized spacial score (nSPS) is 12.7. The van der Waals surface area contributed by atoms with Crippen LogP contribution in [0.15, 0.2) is 54.6 Å². The third-order valence-corrected chi connectivity index (χ3v) is 5.68. The second-order valence-electron chi connectivity index (χ2n) is 5.72. The number of benzene rings is 2. The van der Waals surface area contributed by atoms with Crippen LogP contribution >= 0.6 is 0 Å². The first-order valence-electron chi connectivity index (χ1n) is 7.70. The maximum absolute atomic E-state index is 12.8. The van der Waals surface area contributed by atoms with Crippen molar-refractivity contribution in [3.63, 3.8) is 0 Å². The molecule has 0 unspecified atom stereocenters. The number of non-ortho nitro benzene ring substituents is 1. The second kappa shape index (κ2) is 8.07. The summed E-state index contributed by atoms with van der Waals surface area (Å²) >= 11 is 0. The van der Waals surface area contributed by atoms with E-state index in [4.69, 9.17) is 0 Å². The highest BCUT2D eigenvalue weighted by Gasteiger charge is 2.31. The van der Waals surface area contributed by atoms with Crippen LogP contribution in [0.4, 0.5) is 5.69 Å². The summed E-state index contributed by atoms with van der Waals surface area (Å²) in [5.74, 6) is -1.61. The monoisotopic (exact) mass is 378 g/mol. The Morgan fingerprint density at radius 1 is 1.12 bits per heavy atom. The Hall–Kier alpha value is -2.78. The molecule has 0 saturated heterocycles. The van der Waals surface area contributed by atoms with Gasteiger partial charge in [0.25, 0.3) is 5.69 Å². The third-order valence-electron chi connectivity index (χ3n) is 3.82. The van der Waals surface area contributed by atoms with Crippen LogP contribution < -0.4 is 0 Å². The average Bonchev–Trinajstić information content (AvgIpc) is 2.59. The lowest BCUT2D eigenvalue weighted by Crippen LogP contribution is -2.43. The lowest BCUT2D eigenvalue weighted by atomic mass is 10.2. The SMILES string of the molecule is C[C@@H](C(=O)O)N(Cc1ccc([N+](=O)[O-])cc1)S(=O)(=O)Cc1ccccc1. The molecule has 0 fully saturated rings. The molecule has 0 amide bonds. The van der Waals surface area contributed by atoms with Crippen LogP contribution in [0.2, 0.25) is 0 Å². The van der Waals surface area contributed by atoms with Gasteiger partial charge in [0.1, 0.15) is 6.04 Å². The number of carbonyl (C=O) groups is 1. The van der Waals surface area contributed by atoms with Crippen LogP contribution in [0.25, 0.3) is 0 Å². The largest absolute Gasteiger partial charge is 0.480 e. The van der Waals surface area contributed by atoms with Gasteiger partial charge in [-0.25, -0.2) is 8.42 Å². The molecule has 2 rings (SSSR count). The van der Waals surface area contributed by atoms with Crippen LogP contribution in [0.5, 0.6) is 0 Å². The molecule has 0 bridgehead atoms. The van der Waals surface area contributed by atoms with Crippen molar-refractivity contribution >= 4 is 21.7 Å². The molecule has 0 radical (unpaired) electrons. The fourth-order valence-corrected chi connectivity index (χ4v) is 4.07. The van der Waals surface area contributed by atoms with Crippen molar-refractivity contribution in [1.29, 1.82) is 0 Å². The molecule has 2 aromatic rings. The third kappa shape index (κ3) is 4.87. The smallest absolute Gasteiger partial charge is 0.321 e. The van der Waals surface area contributed by atoms with E-state index >= 15 is 0 Å². The molecule has 0 heterocycles. The number of nitrogens with zero attached hydrogens (tertiary/aromatic N) is 2. The van der Waals surface area contributed by atoms with Gasteiger partial charge >= 0.3 is 5.97 Å².